The highest BCUT2D eigenvalue weighted by Crippen LogP contribution is 2.09. The molecule has 0 bridgehead atoms. The fraction of sp³-hybridized carbons (Fsp3) is 0.111. The van der Waals surface area contributed by atoms with Gasteiger partial charge >= 0.3 is 0 Å². The Hall–Kier alpha value is -1.75. The second-order valence-electron chi connectivity index (χ2n) is 2.82. The topological polar surface area (TPSA) is 56.7 Å². The maximum absolute atomic E-state index is 12.6. The minimum atomic E-state index is -0.275. The normalized spacial score (nSPS) is 10.4. The van der Waals surface area contributed by atoms with Gasteiger partial charge in [-0.25, -0.2) is 9.07 Å². The highest BCUT2D eigenvalue weighted by atomic mass is 19.1. The Kier molecular flexibility index (Phi) is 2.24. The highest BCUT2D eigenvalue weighted by molar-refractivity contribution is 5.31. The molecule has 0 saturated heterocycles. The molecular formula is C9H9FN4. The van der Waals surface area contributed by atoms with Gasteiger partial charge in [0.25, 0.3) is 0 Å². The van der Waals surface area contributed by atoms with E-state index < -0.39 is 0 Å². The summed E-state index contributed by atoms with van der Waals surface area (Å²) < 4.78 is 14.2. The first-order valence-corrected chi connectivity index (χ1v) is 4.17. The van der Waals surface area contributed by atoms with Crippen molar-refractivity contribution in [2.24, 2.45) is 5.73 Å². The molecule has 0 radical (unpaired) electrons. The van der Waals surface area contributed by atoms with Crippen LogP contribution in [0.3, 0.4) is 0 Å². The minimum Gasteiger partial charge on any atom is -0.325 e. The van der Waals surface area contributed by atoms with E-state index >= 15 is 0 Å². The number of nitrogens with zero attached hydrogens (tertiary/aromatic N) is 3. The molecular weight excluding hydrogens is 183 g/mol. The lowest BCUT2D eigenvalue weighted by Crippen LogP contribution is -2.06. The van der Waals surface area contributed by atoms with Crippen LogP contribution in [-0.4, -0.2) is 15.0 Å². The van der Waals surface area contributed by atoms with Gasteiger partial charge in [0.15, 0.2) is 0 Å². The average molecular weight is 192 g/mol. The fourth-order valence-corrected chi connectivity index (χ4v) is 1.20. The molecule has 1 aromatic heterocycles. The van der Waals surface area contributed by atoms with Crippen molar-refractivity contribution in [3.63, 3.8) is 0 Å². The Morgan fingerprint density at radius 1 is 1.29 bits per heavy atom. The largest absolute Gasteiger partial charge is 0.325 e. The third-order valence-corrected chi connectivity index (χ3v) is 1.90. The molecule has 1 aromatic carbocycles. The van der Waals surface area contributed by atoms with Crippen LogP contribution < -0.4 is 5.73 Å². The maximum Gasteiger partial charge on any atom is 0.123 e. The Balaban J connectivity index is 2.44. The predicted molar refractivity (Wildman–Crippen MR) is 49.2 cm³/mol. The summed E-state index contributed by atoms with van der Waals surface area (Å²) in [6.45, 7) is 0.352. The molecule has 1 heterocycles. The van der Waals surface area contributed by atoms with Gasteiger partial charge < -0.3 is 5.73 Å². The summed E-state index contributed by atoms with van der Waals surface area (Å²) in [5, 5.41) is 7.58. The molecule has 2 N–H and O–H groups in total. The van der Waals surface area contributed by atoms with E-state index in [9.17, 15) is 4.39 Å². The number of benzene rings is 1. The second-order valence-corrected chi connectivity index (χ2v) is 2.82. The predicted octanol–water partition coefficient (Wildman–Crippen LogP) is 0.865. The van der Waals surface area contributed by atoms with Crippen LogP contribution in [0.2, 0.25) is 0 Å². The molecule has 0 atom stereocenters. The van der Waals surface area contributed by atoms with Gasteiger partial charge in [-0.1, -0.05) is 5.21 Å². The number of aromatic nitrogens is 3. The number of halogens is 1. The zero-order valence-electron chi connectivity index (χ0n) is 7.39. The Morgan fingerprint density at radius 3 is 2.64 bits per heavy atom. The SMILES string of the molecule is NCc1cnnn1-c1ccc(F)cc1. The monoisotopic (exact) mass is 192 g/mol. The summed E-state index contributed by atoms with van der Waals surface area (Å²) >= 11 is 0. The maximum atomic E-state index is 12.6. The molecule has 0 aliphatic rings. The lowest BCUT2D eigenvalue weighted by Gasteiger charge is -2.03. The zero-order chi connectivity index (χ0) is 9.97. The van der Waals surface area contributed by atoms with E-state index in [1.54, 1.807) is 23.0 Å². The van der Waals surface area contributed by atoms with Crippen LogP contribution in [0.25, 0.3) is 5.69 Å². The number of hydrogen-bond acceptors (Lipinski definition) is 3. The van der Waals surface area contributed by atoms with Crippen molar-refractivity contribution in [3.05, 3.63) is 42.0 Å². The lowest BCUT2D eigenvalue weighted by molar-refractivity contribution is 0.626. The molecule has 5 heteroatoms. The van der Waals surface area contributed by atoms with Crippen molar-refractivity contribution >= 4 is 0 Å². The van der Waals surface area contributed by atoms with Gasteiger partial charge in [0.2, 0.25) is 0 Å². The van der Waals surface area contributed by atoms with E-state index in [2.05, 4.69) is 10.3 Å². The van der Waals surface area contributed by atoms with Crippen molar-refractivity contribution in [2.75, 3.05) is 0 Å². The first kappa shape index (κ1) is 8.83. The van der Waals surface area contributed by atoms with Gasteiger partial charge in [-0.15, -0.1) is 5.10 Å². The van der Waals surface area contributed by atoms with Gasteiger partial charge in [-0.2, -0.15) is 0 Å². The molecule has 4 nitrogen and oxygen atoms in total. The van der Waals surface area contributed by atoms with E-state index in [1.165, 1.54) is 12.1 Å². The third-order valence-electron chi connectivity index (χ3n) is 1.90. The summed E-state index contributed by atoms with van der Waals surface area (Å²) in [5.41, 5.74) is 7.03. The summed E-state index contributed by atoms with van der Waals surface area (Å²) in [4.78, 5) is 0. The quantitative estimate of drug-likeness (QED) is 0.767. The molecule has 0 fully saturated rings. The molecule has 72 valence electrons. The van der Waals surface area contributed by atoms with E-state index in [1.807, 2.05) is 0 Å². The second kappa shape index (κ2) is 3.55. The number of rotatable bonds is 2. The molecule has 2 rings (SSSR count). The van der Waals surface area contributed by atoms with Crippen molar-refractivity contribution in [3.8, 4) is 5.69 Å². The molecule has 0 spiro atoms. The highest BCUT2D eigenvalue weighted by Gasteiger charge is 2.03. The molecule has 14 heavy (non-hydrogen) atoms. The van der Waals surface area contributed by atoms with Crippen LogP contribution in [0.5, 0.6) is 0 Å². The van der Waals surface area contributed by atoms with E-state index in [-0.39, 0.29) is 5.82 Å². The summed E-state index contributed by atoms with van der Waals surface area (Å²) in [7, 11) is 0. The Morgan fingerprint density at radius 2 is 2.00 bits per heavy atom. The standard InChI is InChI=1S/C9H9FN4/c10-7-1-3-8(4-2-7)14-9(5-11)6-12-13-14/h1-4,6H,5,11H2. The number of hydrogen-bond donors (Lipinski definition) is 1. The van der Waals surface area contributed by atoms with Crippen molar-refractivity contribution < 1.29 is 4.39 Å². The van der Waals surface area contributed by atoms with Crippen LogP contribution in [0.4, 0.5) is 4.39 Å². The van der Waals surface area contributed by atoms with Crippen molar-refractivity contribution in [1.82, 2.24) is 15.0 Å². The van der Waals surface area contributed by atoms with Gasteiger partial charge in [0.1, 0.15) is 5.82 Å². The molecule has 0 aliphatic heterocycles. The molecule has 0 aliphatic carbocycles. The molecule has 2 aromatic rings. The molecule has 0 amide bonds. The number of nitrogens with two attached hydrogens (primary N) is 1. The first-order valence-electron chi connectivity index (χ1n) is 4.17. The van der Waals surface area contributed by atoms with Crippen LogP contribution in [0.1, 0.15) is 5.69 Å². The van der Waals surface area contributed by atoms with Gasteiger partial charge in [-0.3, -0.25) is 0 Å². The smallest absolute Gasteiger partial charge is 0.123 e. The van der Waals surface area contributed by atoms with Crippen LogP contribution >= 0.6 is 0 Å². The summed E-state index contributed by atoms with van der Waals surface area (Å²) in [6.07, 6.45) is 1.59. The van der Waals surface area contributed by atoms with Crippen molar-refractivity contribution in [1.29, 1.82) is 0 Å². The van der Waals surface area contributed by atoms with Crippen LogP contribution in [0, 0.1) is 5.82 Å². The minimum absolute atomic E-state index is 0.275. The van der Waals surface area contributed by atoms with Crippen molar-refractivity contribution in [2.45, 2.75) is 6.54 Å². The fourth-order valence-electron chi connectivity index (χ4n) is 1.20. The third kappa shape index (κ3) is 1.49. The lowest BCUT2D eigenvalue weighted by atomic mass is 10.3. The molecule has 0 saturated carbocycles. The molecule has 0 unspecified atom stereocenters. The van der Waals surface area contributed by atoms with E-state index in [4.69, 9.17) is 5.73 Å². The average Bonchev–Trinajstić information content (AvgIpc) is 2.67. The first-order chi connectivity index (χ1) is 6.81. The van der Waals surface area contributed by atoms with Gasteiger partial charge in [0.05, 0.1) is 17.6 Å². The van der Waals surface area contributed by atoms with E-state index in [0.29, 0.717) is 6.54 Å². The van der Waals surface area contributed by atoms with Crippen LogP contribution in [0.15, 0.2) is 30.5 Å². The summed E-state index contributed by atoms with van der Waals surface area (Å²) in [6, 6.07) is 6.00. The Labute approximate surface area is 80.2 Å². The van der Waals surface area contributed by atoms with Crippen LogP contribution in [-0.2, 0) is 6.54 Å². The summed E-state index contributed by atoms with van der Waals surface area (Å²) in [5.74, 6) is -0.275. The Bertz CT molecular complexity index is 421. The zero-order valence-corrected chi connectivity index (χ0v) is 7.39. The van der Waals surface area contributed by atoms with Gasteiger partial charge in [0, 0.05) is 6.54 Å². The van der Waals surface area contributed by atoms with Gasteiger partial charge in [-0.05, 0) is 24.3 Å². The van der Waals surface area contributed by atoms with E-state index in [0.717, 1.165) is 11.4 Å².